The van der Waals surface area contributed by atoms with E-state index in [9.17, 15) is 4.79 Å². The molecule has 0 aromatic carbocycles. The summed E-state index contributed by atoms with van der Waals surface area (Å²) >= 11 is 0. The fraction of sp³-hybridized carbons (Fsp3) is 0.900. The number of nitrogens with one attached hydrogen (secondary N) is 1. The van der Waals surface area contributed by atoms with E-state index in [1.807, 2.05) is 11.9 Å². The van der Waals surface area contributed by atoms with Crippen LogP contribution in [-0.2, 0) is 4.79 Å². The van der Waals surface area contributed by atoms with Crippen LogP contribution < -0.4 is 5.32 Å². The quantitative estimate of drug-likeness (QED) is 0.653. The van der Waals surface area contributed by atoms with Gasteiger partial charge in [-0.15, -0.1) is 0 Å². The van der Waals surface area contributed by atoms with Gasteiger partial charge < -0.3 is 15.3 Å². The number of aliphatic hydroxyl groups is 1. The highest BCUT2D eigenvalue weighted by Gasteiger charge is 2.31. The molecule has 0 aliphatic heterocycles. The smallest absolute Gasteiger partial charge is 0.236 e. The number of carbonyl (C=O) groups is 1. The third-order valence-corrected chi connectivity index (χ3v) is 3.14. The van der Waals surface area contributed by atoms with Crippen molar-refractivity contribution in [3.05, 3.63) is 0 Å². The molecular formula is C10H18N2O2. The minimum atomic E-state index is -0.149. The van der Waals surface area contributed by atoms with Gasteiger partial charge in [0.15, 0.2) is 0 Å². The molecule has 80 valence electrons. The SMILES string of the molecule is CN(C(=O)CNC1CC(O)C1)C1CC1. The first kappa shape index (κ1) is 9.93. The third kappa shape index (κ3) is 2.25. The van der Waals surface area contributed by atoms with Gasteiger partial charge in [-0.25, -0.2) is 0 Å². The molecule has 2 saturated carbocycles. The molecule has 0 heterocycles. The lowest BCUT2D eigenvalue weighted by molar-refractivity contribution is -0.129. The second-order valence-corrected chi connectivity index (χ2v) is 4.44. The highest BCUT2D eigenvalue weighted by atomic mass is 16.3. The molecule has 1 amide bonds. The van der Waals surface area contributed by atoms with Gasteiger partial charge in [0.25, 0.3) is 0 Å². The molecule has 0 aromatic rings. The number of hydrogen-bond acceptors (Lipinski definition) is 3. The molecule has 0 atom stereocenters. The Bertz CT molecular complexity index is 222. The Morgan fingerprint density at radius 3 is 2.64 bits per heavy atom. The predicted octanol–water partition coefficient (Wildman–Crippen LogP) is -0.280. The molecule has 4 heteroatoms. The van der Waals surface area contributed by atoms with Crippen LogP contribution in [0.25, 0.3) is 0 Å². The van der Waals surface area contributed by atoms with Crippen molar-refractivity contribution >= 4 is 5.91 Å². The number of likely N-dealkylation sites (N-methyl/N-ethyl adjacent to an activating group) is 1. The third-order valence-electron chi connectivity index (χ3n) is 3.14. The van der Waals surface area contributed by atoms with Gasteiger partial charge in [-0.2, -0.15) is 0 Å². The second kappa shape index (κ2) is 3.87. The van der Waals surface area contributed by atoms with Crippen LogP contribution in [0.4, 0.5) is 0 Å². The Morgan fingerprint density at radius 1 is 1.50 bits per heavy atom. The zero-order chi connectivity index (χ0) is 10.1. The molecule has 2 aliphatic carbocycles. The lowest BCUT2D eigenvalue weighted by atomic mass is 9.89. The average molecular weight is 198 g/mol. The Hall–Kier alpha value is -0.610. The van der Waals surface area contributed by atoms with E-state index in [1.165, 1.54) is 0 Å². The Balaban J connectivity index is 1.62. The Labute approximate surface area is 84.3 Å². The summed E-state index contributed by atoms with van der Waals surface area (Å²) in [6.45, 7) is 0.421. The summed E-state index contributed by atoms with van der Waals surface area (Å²) in [5, 5.41) is 12.2. The summed E-state index contributed by atoms with van der Waals surface area (Å²) in [5.74, 6) is 0.175. The van der Waals surface area contributed by atoms with Crippen molar-refractivity contribution in [3.8, 4) is 0 Å². The van der Waals surface area contributed by atoms with E-state index in [2.05, 4.69) is 5.32 Å². The van der Waals surface area contributed by atoms with Crippen LogP contribution in [0.3, 0.4) is 0 Å². The molecule has 0 unspecified atom stereocenters. The zero-order valence-electron chi connectivity index (χ0n) is 8.57. The second-order valence-electron chi connectivity index (χ2n) is 4.44. The summed E-state index contributed by atoms with van der Waals surface area (Å²) < 4.78 is 0. The Morgan fingerprint density at radius 2 is 2.14 bits per heavy atom. The summed E-state index contributed by atoms with van der Waals surface area (Å²) in [7, 11) is 1.87. The fourth-order valence-electron chi connectivity index (χ4n) is 1.78. The van der Waals surface area contributed by atoms with E-state index in [0.29, 0.717) is 18.6 Å². The van der Waals surface area contributed by atoms with Crippen molar-refractivity contribution in [2.75, 3.05) is 13.6 Å². The normalized spacial score (nSPS) is 31.0. The predicted molar refractivity (Wildman–Crippen MR) is 52.8 cm³/mol. The first-order chi connectivity index (χ1) is 6.66. The molecule has 2 rings (SSSR count). The van der Waals surface area contributed by atoms with Crippen LogP contribution >= 0.6 is 0 Å². The van der Waals surface area contributed by atoms with E-state index in [4.69, 9.17) is 5.11 Å². The molecule has 0 bridgehead atoms. The van der Waals surface area contributed by atoms with Crippen molar-refractivity contribution in [1.82, 2.24) is 10.2 Å². The standard InChI is InChI=1S/C10H18N2O2/c1-12(8-2-3-8)10(14)6-11-7-4-9(13)5-7/h7-9,11,13H,2-6H2,1H3. The average Bonchev–Trinajstić information content (AvgIpc) is 2.91. The topological polar surface area (TPSA) is 52.6 Å². The maximum atomic E-state index is 11.6. The van der Waals surface area contributed by atoms with Crippen LogP contribution in [0.5, 0.6) is 0 Å². The lowest BCUT2D eigenvalue weighted by Crippen LogP contribution is -2.48. The summed E-state index contributed by atoms with van der Waals surface area (Å²) in [6.07, 6.45) is 3.75. The maximum absolute atomic E-state index is 11.6. The monoisotopic (exact) mass is 198 g/mol. The fourth-order valence-corrected chi connectivity index (χ4v) is 1.78. The molecule has 2 N–H and O–H groups in total. The highest BCUT2D eigenvalue weighted by molar-refractivity contribution is 5.78. The van der Waals surface area contributed by atoms with E-state index in [0.717, 1.165) is 25.7 Å². The number of rotatable bonds is 4. The number of hydrogen-bond donors (Lipinski definition) is 2. The van der Waals surface area contributed by atoms with E-state index >= 15 is 0 Å². The van der Waals surface area contributed by atoms with Gasteiger partial charge in [0, 0.05) is 19.1 Å². The molecule has 14 heavy (non-hydrogen) atoms. The van der Waals surface area contributed by atoms with E-state index in [-0.39, 0.29) is 12.0 Å². The van der Waals surface area contributed by atoms with Gasteiger partial charge in [-0.1, -0.05) is 0 Å². The molecule has 0 radical (unpaired) electrons. The van der Waals surface area contributed by atoms with Crippen molar-refractivity contribution in [2.24, 2.45) is 0 Å². The van der Waals surface area contributed by atoms with Crippen LogP contribution in [0.1, 0.15) is 25.7 Å². The van der Waals surface area contributed by atoms with Gasteiger partial charge in [0.1, 0.15) is 0 Å². The summed E-state index contributed by atoms with van der Waals surface area (Å²) in [4.78, 5) is 13.4. The molecule has 0 aromatic heterocycles. The minimum Gasteiger partial charge on any atom is -0.393 e. The molecule has 4 nitrogen and oxygen atoms in total. The summed E-state index contributed by atoms with van der Waals surface area (Å²) in [6, 6.07) is 0.845. The van der Waals surface area contributed by atoms with Gasteiger partial charge in [-0.05, 0) is 25.7 Å². The molecular weight excluding hydrogens is 180 g/mol. The van der Waals surface area contributed by atoms with Crippen molar-refractivity contribution in [1.29, 1.82) is 0 Å². The zero-order valence-corrected chi connectivity index (χ0v) is 8.57. The van der Waals surface area contributed by atoms with Gasteiger partial charge in [0.2, 0.25) is 5.91 Å². The van der Waals surface area contributed by atoms with Crippen molar-refractivity contribution in [2.45, 2.75) is 43.9 Å². The minimum absolute atomic E-state index is 0.149. The van der Waals surface area contributed by atoms with Gasteiger partial charge in [0.05, 0.1) is 12.6 Å². The largest absolute Gasteiger partial charge is 0.393 e. The van der Waals surface area contributed by atoms with Crippen LogP contribution in [0.15, 0.2) is 0 Å². The number of aliphatic hydroxyl groups excluding tert-OH is 1. The molecule has 2 fully saturated rings. The van der Waals surface area contributed by atoms with Crippen molar-refractivity contribution < 1.29 is 9.90 Å². The maximum Gasteiger partial charge on any atom is 0.236 e. The van der Waals surface area contributed by atoms with Gasteiger partial charge in [-0.3, -0.25) is 4.79 Å². The van der Waals surface area contributed by atoms with E-state index in [1.54, 1.807) is 0 Å². The molecule has 0 saturated heterocycles. The van der Waals surface area contributed by atoms with Gasteiger partial charge >= 0.3 is 0 Å². The molecule has 2 aliphatic rings. The van der Waals surface area contributed by atoms with Crippen LogP contribution in [0.2, 0.25) is 0 Å². The van der Waals surface area contributed by atoms with E-state index < -0.39 is 0 Å². The molecule has 0 spiro atoms. The first-order valence-electron chi connectivity index (χ1n) is 5.34. The number of amides is 1. The van der Waals surface area contributed by atoms with Crippen molar-refractivity contribution in [3.63, 3.8) is 0 Å². The van der Waals surface area contributed by atoms with Crippen LogP contribution in [0, 0.1) is 0 Å². The lowest BCUT2D eigenvalue weighted by Gasteiger charge is -2.32. The number of nitrogens with zero attached hydrogens (tertiary/aromatic N) is 1. The number of carbonyl (C=O) groups excluding carboxylic acids is 1. The Kier molecular flexibility index (Phi) is 2.74. The first-order valence-corrected chi connectivity index (χ1v) is 5.34. The summed E-state index contributed by atoms with van der Waals surface area (Å²) in [5.41, 5.74) is 0. The van der Waals surface area contributed by atoms with Crippen LogP contribution in [-0.4, -0.2) is 47.7 Å². The highest BCUT2D eigenvalue weighted by Crippen LogP contribution is 2.25.